The summed E-state index contributed by atoms with van der Waals surface area (Å²) in [6.45, 7) is 0. The molecule has 75 heavy (non-hydrogen) atoms. The molecule has 0 fully saturated rings. The van der Waals surface area contributed by atoms with Crippen LogP contribution < -0.4 is 16.1 Å². The lowest BCUT2D eigenvalue weighted by molar-refractivity contribution is -0.138. The molecule has 0 aliphatic carbocycles. The number of aryl methyl sites for hydroxylation is 2. The van der Waals surface area contributed by atoms with E-state index in [0.717, 1.165) is 61.1 Å². The summed E-state index contributed by atoms with van der Waals surface area (Å²) < 4.78 is 75.8. The third-order valence-electron chi connectivity index (χ3n) is 11.5. The van der Waals surface area contributed by atoms with Crippen LogP contribution in [0.3, 0.4) is 0 Å². The number of aliphatic carboxylic acids is 2. The predicted octanol–water partition coefficient (Wildman–Crippen LogP) is 10.6. The van der Waals surface area contributed by atoms with Gasteiger partial charge < -0.3 is 35.5 Å². The Hall–Kier alpha value is -8.71. The molecule has 0 radical (unpaired) electrons. The Bertz CT molecular complexity index is 3470. The monoisotopic (exact) mass is 1060 g/mol. The van der Waals surface area contributed by atoms with Gasteiger partial charge in [0.1, 0.15) is 21.2 Å². The molecule has 0 atom stereocenters. The van der Waals surface area contributed by atoms with E-state index in [4.69, 9.17) is 14.6 Å². The van der Waals surface area contributed by atoms with Gasteiger partial charge in [-0.15, -0.1) is 10.2 Å². The SMILES string of the molecule is O=C(O)CCCCCc1ccc(N=Nc2c(S(=O)(=O)O)cc3cc(NC(=O)c4cc(=O)cc(C(=O)Nc5ccc6c(O)c(N=Nc7ccc(CCCCCC(=O)O)cc7)c(S(=O)(=O)O)cc6c5)o4)ccc3c2O)cc1. The number of nitrogens with one attached hydrogen (secondary N) is 2. The van der Waals surface area contributed by atoms with Crippen molar-refractivity contribution < 1.29 is 70.0 Å². The number of phenolic OH excluding ortho intramolecular Hbond substituents is 2. The number of benzene rings is 6. The number of carbonyl (C=O) groups is 4. The summed E-state index contributed by atoms with van der Waals surface area (Å²) in [6.07, 6.45) is 5.67. The number of anilines is 2. The highest BCUT2D eigenvalue weighted by atomic mass is 32.2. The number of nitrogens with zero attached hydrogens (tertiary/aromatic N) is 4. The standard InChI is InChI=1S/C51H46N6O16S2/c58-37-27-40(50(65)52-35-19-21-38-31(23-35)25-42(74(67,68)69)46(48(38)63)56-54-33-15-11-29(12-16-33)7-3-1-5-9-44(59)60)73-41(28-37)51(66)53-36-20-22-39-32(24-36)26-43(75(70,71)72)47(49(39)64)57-55-34-17-13-30(14-18-34)8-4-2-6-10-45(61)62/h11-28,63-64H,1-10H2,(H,52,65)(H,53,66)(H,59,60)(H,61,62)(H,67,68,69)(H,70,71,72). The average Bonchev–Trinajstić information content (AvgIpc) is 3.35. The van der Waals surface area contributed by atoms with Gasteiger partial charge in [-0.05, 0) is 133 Å². The molecule has 1 aromatic heterocycles. The van der Waals surface area contributed by atoms with Crippen LogP contribution in [0.25, 0.3) is 21.5 Å². The Morgan fingerprint density at radius 1 is 0.493 bits per heavy atom. The van der Waals surface area contributed by atoms with Crippen LogP contribution in [-0.2, 0) is 42.7 Å². The quantitative estimate of drug-likeness (QED) is 0.0178. The first kappa shape index (κ1) is 54.1. The number of unbranched alkanes of at least 4 members (excludes halogenated alkanes) is 4. The number of azo groups is 2. The van der Waals surface area contributed by atoms with Gasteiger partial charge in [-0.1, -0.05) is 37.1 Å². The molecule has 2 amide bonds. The van der Waals surface area contributed by atoms with Gasteiger partial charge in [0.05, 0.1) is 11.4 Å². The van der Waals surface area contributed by atoms with Crippen LogP contribution in [0.5, 0.6) is 11.5 Å². The molecule has 24 heteroatoms. The smallest absolute Gasteiger partial charge is 0.303 e. The third-order valence-corrected chi connectivity index (χ3v) is 13.2. The van der Waals surface area contributed by atoms with Gasteiger partial charge in [0, 0.05) is 47.1 Å². The minimum atomic E-state index is -5.02. The van der Waals surface area contributed by atoms with E-state index in [2.05, 4.69) is 31.1 Å². The van der Waals surface area contributed by atoms with Crippen LogP contribution in [0.15, 0.2) is 149 Å². The van der Waals surface area contributed by atoms with E-state index >= 15 is 0 Å². The maximum atomic E-state index is 13.4. The van der Waals surface area contributed by atoms with Crippen molar-refractivity contribution >= 4 is 99.7 Å². The molecule has 7 aromatic rings. The molecule has 0 aliphatic heterocycles. The van der Waals surface area contributed by atoms with Gasteiger partial charge in [-0.25, -0.2) is 0 Å². The van der Waals surface area contributed by atoms with Crippen LogP contribution in [-0.4, -0.2) is 70.1 Å². The van der Waals surface area contributed by atoms with Crippen LogP contribution in [0.1, 0.15) is 83.6 Å². The Balaban J connectivity index is 1.04. The van der Waals surface area contributed by atoms with E-state index in [9.17, 15) is 60.1 Å². The summed E-state index contributed by atoms with van der Waals surface area (Å²) in [6, 6.07) is 24.8. The van der Waals surface area contributed by atoms with Crippen LogP contribution in [0.2, 0.25) is 0 Å². The average molecular weight is 1060 g/mol. The molecule has 6 aromatic carbocycles. The topological polar surface area (TPSA) is 362 Å². The molecule has 388 valence electrons. The van der Waals surface area contributed by atoms with E-state index in [0.29, 0.717) is 37.1 Å². The first-order valence-corrected chi connectivity index (χ1v) is 25.8. The summed E-state index contributed by atoms with van der Waals surface area (Å²) in [4.78, 5) is 59.4. The molecule has 0 saturated carbocycles. The van der Waals surface area contributed by atoms with Gasteiger partial charge in [-0.3, -0.25) is 33.1 Å². The van der Waals surface area contributed by atoms with Gasteiger partial charge in [0.2, 0.25) is 0 Å². The van der Waals surface area contributed by atoms with Crippen molar-refractivity contribution in [2.45, 2.75) is 74.0 Å². The Kier molecular flexibility index (Phi) is 16.9. The molecule has 7 rings (SSSR count). The zero-order chi connectivity index (χ0) is 54.0. The number of carboxylic acid groups (broad SMARTS) is 2. The van der Waals surface area contributed by atoms with Crippen LogP contribution in [0.4, 0.5) is 34.1 Å². The van der Waals surface area contributed by atoms with E-state index in [1.54, 1.807) is 48.5 Å². The molecule has 0 saturated heterocycles. The van der Waals surface area contributed by atoms with Gasteiger partial charge in [-0.2, -0.15) is 27.1 Å². The van der Waals surface area contributed by atoms with Crippen molar-refractivity contribution in [3.05, 3.63) is 142 Å². The van der Waals surface area contributed by atoms with Crippen molar-refractivity contribution in [1.29, 1.82) is 0 Å². The fourth-order valence-corrected chi connectivity index (χ4v) is 9.09. The van der Waals surface area contributed by atoms with Crippen molar-refractivity contribution in [2.75, 3.05) is 10.6 Å². The highest BCUT2D eigenvalue weighted by Gasteiger charge is 2.25. The molecule has 0 aliphatic rings. The second-order valence-electron chi connectivity index (χ2n) is 17.0. The fraction of sp³-hybridized carbons (Fsp3) is 0.196. The van der Waals surface area contributed by atoms with Crippen molar-refractivity contribution in [3.63, 3.8) is 0 Å². The number of phenols is 2. The lowest BCUT2D eigenvalue weighted by atomic mass is 10.1. The first-order valence-electron chi connectivity index (χ1n) is 22.9. The van der Waals surface area contributed by atoms with Crippen molar-refractivity contribution in [1.82, 2.24) is 0 Å². The summed E-state index contributed by atoms with van der Waals surface area (Å²) in [5.74, 6) is -6.41. The van der Waals surface area contributed by atoms with Crippen molar-refractivity contribution in [2.24, 2.45) is 20.5 Å². The Labute approximate surface area is 426 Å². The molecule has 8 N–H and O–H groups in total. The second kappa shape index (κ2) is 23.4. The number of rotatable bonds is 22. The van der Waals surface area contributed by atoms with E-state index in [1.807, 2.05) is 0 Å². The molecule has 1 heterocycles. The summed E-state index contributed by atoms with van der Waals surface area (Å²) in [5.41, 5.74) is 0.481. The minimum Gasteiger partial charge on any atom is -0.505 e. The first-order chi connectivity index (χ1) is 35.6. The lowest BCUT2D eigenvalue weighted by Gasteiger charge is -2.12. The summed E-state index contributed by atoms with van der Waals surface area (Å²) in [7, 11) is -10.0. The number of carbonyl (C=O) groups excluding carboxylic acids is 2. The molecule has 0 unspecified atom stereocenters. The number of hydrogen-bond donors (Lipinski definition) is 8. The lowest BCUT2D eigenvalue weighted by Crippen LogP contribution is -2.19. The normalized spacial score (nSPS) is 11.9. The van der Waals surface area contributed by atoms with E-state index in [1.165, 1.54) is 36.4 Å². The molecular formula is C51H46N6O16S2. The predicted molar refractivity (Wildman–Crippen MR) is 273 cm³/mol. The number of fused-ring (bicyclic) bond motifs is 2. The van der Waals surface area contributed by atoms with Crippen LogP contribution >= 0.6 is 0 Å². The fourth-order valence-electron chi connectivity index (χ4n) is 7.77. The number of carboxylic acids is 2. The second-order valence-corrected chi connectivity index (χ2v) is 19.8. The zero-order valence-corrected chi connectivity index (χ0v) is 41.0. The summed E-state index contributed by atoms with van der Waals surface area (Å²) >= 11 is 0. The highest BCUT2D eigenvalue weighted by molar-refractivity contribution is 7.86. The van der Waals surface area contributed by atoms with E-state index < -0.39 is 93.6 Å². The van der Waals surface area contributed by atoms with Crippen LogP contribution in [0, 0.1) is 0 Å². The molecule has 0 spiro atoms. The van der Waals surface area contributed by atoms with Gasteiger partial charge in [0.15, 0.2) is 28.4 Å². The Morgan fingerprint density at radius 2 is 0.880 bits per heavy atom. The maximum absolute atomic E-state index is 13.4. The summed E-state index contributed by atoms with van der Waals surface area (Å²) in [5, 5.41) is 60.9. The number of hydrogen-bond acceptors (Lipinski definition) is 16. The molecule has 0 bridgehead atoms. The van der Waals surface area contributed by atoms with E-state index in [-0.39, 0.29) is 45.8 Å². The van der Waals surface area contributed by atoms with Gasteiger partial charge in [0.25, 0.3) is 32.1 Å². The van der Waals surface area contributed by atoms with Crippen molar-refractivity contribution in [3.8, 4) is 11.5 Å². The van der Waals surface area contributed by atoms with Gasteiger partial charge >= 0.3 is 11.9 Å². The molecule has 22 nitrogen and oxygen atoms in total. The largest absolute Gasteiger partial charge is 0.505 e. The minimum absolute atomic E-state index is 0.00848. The third kappa shape index (κ3) is 14.3. The maximum Gasteiger partial charge on any atom is 0.303 e. The number of aromatic hydroxyl groups is 2. The zero-order valence-electron chi connectivity index (χ0n) is 39.3. The highest BCUT2D eigenvalue weighted by Crippen LogP contribution is 2.44. The molecular weight excluding hydrogens is 1020 g/mol. The Morgan fingerprint density at radius 3 is 1.24 bits per heavy atom. The number of amides is 2.